The van der Waals surface area contributed by atoms with Crippen molar-refractivity contribution in [2.24, 2.45) is 0 Å². The molecule has 0 atom stereocenters. The molecule has 10 nitrogen and oxygen atoms in total. The van der Waals surface area contributed by atoms with Gasteiger partial charge in [0, 0.05) is 17.5 Å². The molecule has 1 aromatic heterocycles. The number of carbonyl (C=O) groups is 4. The van der Waals surface area contributed by atoms with Gasteiger partial charge in [-0.05, 0) is 55.8 Å². The summed E-state index contributed by atoms with van der Waals surface area (Å²) in [5.74, 6) is -2.09. The molecule has 184 valence electrons. The highest BCUT2D eigenvalue weighted by Crippen LogP contribution is 2.34. The standard InChI is InChI=1S/C26H23N3O7/c1-14-11-16(15(2)28(14)20-8-6-5-7-18(20)25(32)33)12-19-23(30)27-26(34)29(24(19)31)21-10-9-17(35-3)13-22(21)36-4/h5-13H,1-4H3,(H,32,33)(H,27,30,34)/b19-12+. The van der Waals surface area contributed by atoms with Crippen molar-refractivity contribution in [2.45, 2.75) is 13.8 Å². The first kappa shape index (κ1) is 24.3. The lowest BCUT2D eigenvalue weighted by molar-refractivity contribution is -0.122. The number of hydrogen-bond acceptors (Lipinski definition) is 6. The second kappa shape index (κ2) is 9.41. The minimum atomic E-state index is -1.08. The number of aromatic carboxylic acids is 1. The zero-order chi connectivity index (χ0) is 26.1. The van der Waals surface area contributed by atoms with Gasteiger partial charge in [-0.25, -0.2) is 14.5 Å². The van der Waals surface area contributed by atoms with Crippen LogP contribution in [-0.2, 0) is 9.59 Å². The van der Waals surface area contributed by atoms with E-state index in [2.05, 4.69) is 5.32 Å². The smallest absolute Gasteiger partial charge is 0.337 e. The van der Waals surface area contributed by atoms with Crippen molar-refractivity contribution in [1.29, 1.82) is 0 Å². The number of urea groups is 1. The van der Waals surface area contributed by atoms with E-state index in [9.17, 15) is 24.3 Å². The Morgan fingerprint density at radius 1 is 0.972 bits per heavy atom. The molecule has 1 saturated heterocycles. The molecule has 36 heavy (non-hydrogen) atoms. The summed E-state index contributed by atoms with van der Waals surface area (Å²) < 4.78 is 12.2. The molecule has 0 radical (unpaired) electrons. The normalized spacial score (nSPS) is 14.7. The minimum absolute atomic E-state index is 0.105. The summed E-state index contributed by atoms with van der Waals surface area (Å²) in [6, 6.07) is 11.9. The van der Waals surface area contributed by atoms with Crippen molar-refractivity contribution in [2.75, 3.05) is 19.1 Å². The van der Waals surface area contributed by atoms with Crippen molar-refractivity contribution in [3.8, 4) is 17.2 Å². The summed E-state index contributed by atoms with van der Waals surface area (Å²) in [6.07, 6.45) is 1.38. The Kier molecular flexibility index (Phi) is 6.35. The van der Waals surface area contributed by atoms with Gasteiger partial charge in [0.2, 0.25) is 0 Å². The first-order valence-corrected chi connectivity index (χ1v) is 10.8. The summed E-state index contributed by atoms with van der Waals surface area (Å²) in [6.45, 7) is 3.53. The van der Waals surface area contributed by atoms with Crippen molar-refractivity contribution < 1.29 is 33.8 Å². The number of carboxylic acid groups (broad SMARTS) is 1. The topological polar surface area (TPSA) is 127 Å². The number of hydrogen-bond donors (Lipinski definition) is 2. The number of aromatic nitrogens is 1. The number of methoxy groups -OCH3 is 2. The van der Waals surface area contributed by atoms with Crippen LogP contribution in [0.25, 0.3) is 11.8 Å². The Labute approximate surface area is 206 Å². The highest BCUT2D eigenvalue weighted by molar-refractivity contribution is 6.39. The number of nitrogens with zero attached hydrogens (tertiary/aromatic N) is 2. The Morgan fingerprint density at radius 2 is 1.69 bits per heavy atom. The molecule has 1 aliphatic heterocycles. The van der Waals surface area contributed by atoms with Crippen molar-refractivity contribution in [1.82, 2.24) is 9.88 Å². The van der Waals surface area contributed by atoms with Crippen LogP contribution in [-0.4, -0.2) is 47.7 Å². The maximum atomic E-state index is 13.4. The molecule has 0 bridgehead atoms. The van der Waals surface area contributed by atoms with E-state index < -0.39 is 23.8 Å². The zero-order valence-electron chi connectivity index (χ0n) is 20.0. The fourth-order valence-electron chi connectivity index (χ4n) is 4.16. The lowest BCUT2D eigenvalue weighted by atomic mass is 10.1. The van der Waals surface area contributed by atoms with E-state index in [1.807, 2.05) is 0 Å². The van der Waals surface area contributed by atoms with Crippen molar-refractivity contribution in [3.05, 3.63) is 76.6 Å². The lowest BCUT2D eigenvalue weighted by Gasteiger charge is -2.27. The number of carbonyl (C=O) groups excluding carboxylic acids is 3. The van der Waals surface area contributed by atoms with E-state index in [0.29, 0.717) is 28.4 Å². The second-order valence-electron chi connectivity index (χ2n) is 7.98. The quantitative estimate of drug-likeness (QED) is 0.401. The first-order valence-electron chi connectivity index (χ1n) is 10.8. The van der Waals surface area contributed by atoms with Crippen molar-refractivity contribution in [3.63, 3.8) is 0 Å². The van der Waals surface area contributed by atoms with E-state index in [0.717, 1.165) is 4.90 Å². The van der Waals surface area contributed by atoms with E-state index >= 15 is 0 Å². The molecular weight excluding hydrogens is 466 g/mol. The van der Waals surface area contributed by atoms with E-state index in [4.69, 9.17) is 9.47 Å². The predicted octanol–water partition coefficient (Wildman–Crippen LogP) is 3.48. The number of nitrogens with one attached hydrogen (secondary N) is 1. The van der Waals surface area contributed by atoms with Crippen LogP contribution in [0, 0.1) is 13.8 Å². The van der Waals surface area contributed by atoms with Crippen LogP contribution in [0.1, 0.15) is 27.3 Å². The third-order valence-corrected chi connectivity index (χ3v) is 5.87. The highest BCUT2D eigenvalue weighted by Gasteiger charge is 2.38. The van der Waals surface area contributed by atoms with Gasteiger partial charge in [0.1, 0.15) is 17.1 Å². The molecule has 1 aliphatic rings. The summed E-state index contributed by atoms with van der Waals surface area (Å²) in [5.41, 5.74) is 2.25. The van der Waals surface area contributed by atoms with Gasteiger partial charge in [-0.3, -0.25) is 14.9 Å². The molecule has 0 saturated carbocycles. The largest absolute Gasteiger partial charge is 0.497 e. The zero-order valence-corrected chi connectivity index (χ0v) is 20.0. The Bertz CT molecular complexity index is 1450. The van der Waals surface area contributed by atoms with Crippen LogP contribution in [0.3, 0.4) is 0 Å². The van der Waals surface area contributed by atoms with Gasteiger partial charge in [0.25, 0.3) is 11.8 Å². The van der Waals surface area contributed by atoms with Crippen LogP contribution in [0.15, 0.2) is 54.1 Å². The Morgan fingerprint density at radius 3 is 2.36 bits per heavy atom. The molecular formula is C26H23N3O7. The molecule has 3 aromatic rings. The number of ether oxygens (including phenoxy) is 2. The number of amides is 4. The van der Waals surface area contributed by atoms with Crippen molar-refractivity contribution >= 4 is 35.6 Å². The number of rotatable bonds is 6. The van der Waals surface area contributed by atoms with Crippen LogP contribution < -0.4 is 19.7 Å². The van der Waals surface area contributed by atoms with Crippen LogP contribution >= 0.6 is 0 Å². The minimum Gasteiger partial charge on any atom is -0.497 e. The fourth-order valence-corrected chi connectivity index (χ4v) is 4.16. The maximum Gasteiger partial charge on any atom is 0.337 e. The number of imide groups is 2. The van der Waals surface area contributed by atoms with Gasteiger partial charge in [-0.2, -0.15) is 0 Å². The summed E-state index contributed by atoms with van der Waals surface area (Å²) in [4.78, 5) is 51.3. The van der Waals surface area contributed by atoms with Gasteiger partial charge in [0.15, 0.2) is 0 Å². The first-order chi connectivity index (χ1) is 17.2. The van der Waals surface area contributed by atoms with E-state index in [-0.39, 0.29) is 22.6 Å². The molecule has 1 fully saturated rings. The average Bonchev–Trinajstić information content (AvgIpc) is 3.13. The molecule has 2 heterocycles. The molecule has 2 N–H and O–H groups in total. The monoisotopic (exact) mass is 489 g/mol. The average molecular weight is 489 g/mol. The SMILES string of the molecule is COc1ccc(N2C(=O)NC(=O)/C(=C\c3cc(C)n(-c4ccccc4C(=O)O)c3C)C2=O)c(OC)c1. The molecule has 10 heteroatoms. The third kappa shape index (κ3) is 4.09. The predicted molar refractivity (Wildman–Crippen MR) is 131 cm³/mol. The van der Waals surface area contributed by atoms with Crippen LogP contribution in [0.4, 0.5) is 10.5 Å². The van der Waals surface area contributed by atoms with E-state index in [1.54, 1.807) is 48.7 Å². The van der Waals surface area contributed by atoms with Gasteiger partial charge in [-0.1, -0.05) is 12.1 Å². The van der Waals surface area contributed by atoms with Gasteiger partial charge in [-0.15, -0.1) is 0 Å². The summed E-state index contributed by atoms with van der Waals surface area (Å²) in [7, 11) is 2.86. The molecule has 0 aliphatic carbocycles. The maximum absolute atomic E-state index is 13.4. The number of benzene rings is 2. The molecule has 4 rings (SSSR count). The highest BCUT2D eigenvalue weighted by atomic mass is 16.5. The number of carboxylic acids is 1. The third-order valence-electron chi connectivity index (χ3n) is 5.87. The summed E-state index contributed by atoms with van der Waals surface area (Å²) in [5, 5.41) is 11.8. The van der Waals surface area contributed by atoms with Crippen LogP contribution in [0.5, 0.6) is 11.5 Å². The number of aryl methyl sites for hydroxylation is 1. The van der Waals surface area contributed by atoms with Gasteiger partial charge in [0.05, 0.1) is 31.2 Å². The summed E-state index contributed by atoms with van der Waals surface area (Å²) >= 11 is 0. The Balaban J connectivity index is 1.80. The van der Waals surface area contributed by atoms with Gasteiger partial charge >= 0.3 is 12.0 Å². The lowest BCUT2D eigenvalue weighted by Crippen LogP contribution is -2.54. The molecule has 2 aromatic carbocycles. The molecule has 4 amide bonds. The number of para-hydroxylation sites is 1. The second-order valence-corrected chi connectivity index (χ2v) is 7.98. The Hall–Kier alpha value is -4.86. The molecule has 0 spiro atoms. The number of anilines is 1. The van der Waals surface area contributed by atoms with Gasteiger partial charge < -0.3 is 19.1 Å². The fraction of sp³-hybridized carbons (Fsp3) is 0.154. The van der Waals surface area contributed by atoms with Crippen LogP contribution in [0.2, 0.25) is 0 Å². The molecule has 0 unspecified atom stereocenters. The van der Waals surface area contributed by atoms with E-state index in [1.165, 1.54) is 38.5 Å². The number of barbiturate groups is 1.